The van der Waals surface area contributed by atoms with Gasteiger partial charge in [0.2, 0.25) is 0 Å². The smallest absolute Gasteiger partial charge is 0.340 e. The number of benzene rings is 1. The molecule has 0 N–H and O–H groups in total. The number of likely N-dealkylation sites (N-methyl/N-ethyl adjacent to an activating group) is 1. The standard InChI is InChI=1S/C23H28N2O6S2/c1-6-25(13-15(2)3)33(28,29)23-20(22(27)31-5)18-11-12-24(14-19(18)32-23)21(26)16-7-9-17(30-4)10-8-16/h7-10H,2,6,11-14H2,1,3-5H3. The Balaban J connectivity index is 1.99. The zero-order valence-electron chi connectivity index (χ0n) is 19.2. The third-order valence-corrected chi connectivity index (χ3v) is 9.04. The molecule has 0 saturated heterocycles. The average molecular weight is 493 g/mol. The lowest BCUT2D eigenvalue weighted by Gasteiger charge is -2.27. The van der Waals surface area contributed by atoms with Gasteiger partial charge in [0.1, 0.15) is 9.96 Å². The number of nitrogens with zero attached hydrogens (tertiary/aromatic N) is 2. The van der Waals surface area contributed by atoms with Gasteiger partial charge in [-0.05, 0) is 43.2 Å². The first-order valence-electron chi connectivity index (χ1n) is 10.4. The maximum Gasteiger partial charge on any atom is 0.340 e. The molecule has 1 aliphatic rings. The Morgan fingerprint density at radius 1 is 1.21 bits per heavy atom. The molecule has 3 rings (SSSR count). The molecular weight excluding hydrogens is 464 g/mol. The van der Waals surface area contributed by atoms with Gasteiger partial charge in [0.05, 0.1) is 26.3 Å². The predicted molar refractivity (Wildman–Crippen MR) is 126 cm³/mol. The molecule has 0 fully saturated rings. The van der Waals surface area contributed by atoms with E-state index in [1.165, 1.54) is 11.4 Å². The summed E-state index contributed by atoms with van der Waals surface area (Å²) in [5, 5.41) is 0. The van der Waals surface area contributed by atoms with Crippen LogP contribution in [0.2, 0.25) is 0 Å². The van der Waals surface area contributed by atoms with E-state index in [4.69, 9.17) is 9.47 Å². The van der Waals surface area contributed by atoms with Crippen LogP contribution in [-0.4, -0.2) is 63.4 Å². The van der Waals surface area contributed by atoms with Crippen molar-refractivity contribution in [2.24, 2.45) is 0 Å². The molecule has 1 aromatic heterocycles. The molecule has 1 amide bonds. The number of thiophene rings is 1. The summed E-state index contributed by atoms with van der Waals surface area (Å²) in [5.41, 5.74) is 1.91. The second-order valence-electron chi connectivity index (χ2n) is 7.75. The second kappa shape index (κ2) is 10.1. The number of esters is 1. The number of methoxy groups -OCH3 is 2. The van der Waals surface area contributed by atoms with Crippen LogP contribution in [0.3, 0.4) is 0 Å². The molecule has 0 unspecified atom stereocenters. The summed E-state index contributed by atoms with van der Waals surface area (Å²) in [7, 11) is -1.16. The second-order valence-corrected chi connectivity index (χ2v) is 11.0. The van der Waals surface area contributed by atoms with Crippen LogP contribution in [0.25, 0.3) is 0 Å². The number of carbonyl (C=O) groups excluding carboxylic acids is 2. The first kappa shape index (κ1) is 24.9. The van der Waals surface area contributed by atoms with E-state index in [-0.39, 0.29) is 35.3 Å². The van der Waals surface area contributed by atoms with Crippen LogP contribution in [0.1, 0.15) is 45.0 Å². The van der Waals surface area contributed by atoms with Gasteiger partial charge in [-0.15, -0.1) is 11.3 Å². The summed E-state index contributed by atoms with van der Waals surface area (Å²) in [4.78, 5) is 28.0. The predicted octanol–water partition coefficient (Wildman–Crippen LogP) is 3.33. The van der Waals surface area contributed by atoms with E-state index in [1.807, 2.05) is 0 Å². The third kappa shape index (κ3) is 4.97. The minimum absolute atomic E-state index is 0.0406. The highest BCUT2D eigenvalue weighted by Gasteiger charge is 2.37. The molecule has 1 aromatic carbocycles. The lowest BCUT2D eigenvalue weighted by atomic mass is 10.0. The van der Waals surface area contributed by atoms with Crippen LogP contribution >= 0.6 is 11.3 Å². The average Bonchev–Trinajstić information content (AvgIpc) is 3.21. The van der Waals surface area contributed by atoms with E-state index >= 15 is 0 Å². The topological polar surface area (TPSA) is 93.2 Å². The van der Waals surface area contributed by atoms with Gasteiger partial charge < -0.3 is 14.4 Å². The highest BCUT2D eigenvalue weighted by atomic mass is 32.2. The van der Waals surface area contributed by atoms with Crippen molar-refractivity contribution in [2.75, 3.05) is 33.9 Å². The van der Waals surface area contributed by atoms with E-state index in [1.54, 1.807) is 50.1 Å². The largest absolute Gasteiger partial charge is 0.497 e. The molecule has 0 radical (unpaired) electrons. The minimum atomic E-state index is -3.95. The van der Waals surface area contributed by atoms with E-state index in [9.17, 15) is 18.0 Å². The van der Waals surface area contributed by atoms with Crippen LogP contribution in [0, 0.1) is 0 Å². The number of ether oxygens (including phenoxy) is 2. The maximum atomic E-state index is 13.5. The maximum absolute atomic E-state index is 13.5. The summed E-state index contributed by atoms with van der Waals surface area (Å²) in [6, 6.07) is 6.82. The van der Waals surface area contributed by atoms with Crippen LogP contribution < -0.4 is 4.74 Å². The lowest BCUT2D eigenvalue weighted by Crippen LogP contribution is -2.35. The molecular formula is C23H28N2O6S2. The molecule has 10 heteroatoms. The van der Waals surface area contributed by atoms with Gasteiger partial charge in [-0.1, -0.05) is 19.1 Å². The van der Waals surface area contributed by atoms with Crippen molar-refractivity contribution in [1.82, 2.24) is 9.21 Å². The molecule has 0 atom stereocenters. The van der Waals surface area contributed by atoms with E-state index in [0.29, 0.717) is 40.3 Å². The number of hydrogen-bond acceptors (Lipinski definition) is 7. The fourth-order valence-electron chi connectivity index (χ4n) is 3.74. The lowest BCUT2D eigenvalue weighted by molar-refractivity contribution is 0.0595. The van der Waals surface area contributed by atoms with E-state index in [0.717, 1.165) is 11.3 Å². The molecule has 0 saturated carbocycles. The van der Waals surface area contributed by atoms with Crippen molar-refractivity contribution < 1.29 is 27.5 Å². The molecule has 2 aromatic rings. The van der Waals surface area contributed by atoms with Crippen LogP contribution in [-0.2, 0) is 27.7 Å². The Kier molecular flexibility index (Phi) is 7.61. The Labute approximate surface area is 198 Å². The van der Waals surface area contributed by atoms with Crippen molar-refractivity contribution in [2.45, 2.75) is 31.0 Å². The normalized spacial score (nSPS) is 13.5. The highest BCUT2D eigenvalue weighted by Crippen LogP contribution is 2.38. The Morgan fingerprint density at radius 2 is 1.88 bits per heavy atom. The molecule has 8 nitrogen and oxygen atoms in total. The van der Waals surface area contributed by atoms with Gasteiger partial charge >= 0.3 is 5.97 Å². The Hall–Kier alpha value is -2.69. The van der Waals surface area contributed by atoms with Crippen molar-refractivity contribution in [3.8, 4) is 5.75 Å². The minimum Gasteiger partial charge on any atom is -0.497 e. The van der Waals surface area contributed by atoms with Gasteiger partial charge in [-0.2, -0.15) is 4.31 Å². The molecule has 2 heterocycles. The molecule has 1 aliphatic heterocycles. The van der Waals surface area contributed by atoms with Gasteiger partial charge in [-0.25, -0.2) is 13.2 Å². The summed E-state index contributed by atoms with van der Waals surface area (Å²) in [6.45, 7) is 8.28. The molecule has 0 bridgehead atoms. The molecule has 33 heavy (non-hydrogen) atoms. The number of sulfonamides is 1. The van der Waals surface area contributed by atoms with E-state index < -0.39 is 16.0 Å². The molecule has 178 valence electrons. The van der Waals surface area contributed by atoms with Crippen molar-refractivity contribution in [3.63, 3.8) is 0 Å². The summed E-state index contributed by atoms with van der Waals surface area (Å²) in [5.74, 6) is -0.205. The van der Waals surface area contributed by atoms with Crippen molar-refractivity contribution in [3.05, 3.63) is 58.0 Å². The molecule has 0 aliphatic carbocycles. The fourth-order valence-corrected chi connectivity index (χ4v) is 7.29. The SMILES string of the molecule is C=C(C)CN(CC)S(=O)(=O)c1sc2c(c1C(=O)OC)CCN(C(=O)c1ccc(OC)cc1)C2. The number of amides is 1. The third-order valence-electron chi connectivity index (χ3n) is 5.41. The Bertz CT molecular complexity index is 1170. The van der Waals surface area contributed by atoms with Gasteiger partial charge in [0, 0.05) is 30.1 Å². The number of fused-ring (bicyclic) bond motifs is 1. The van der Waals surface area contributed by atoms with Crippen molar-refractivity contribution in [1.29, 1.82) is 0 Å². The number of carbonyl (C=O) groups is 2. The van der Waals surface area contributed by atoms with E-state index in [2.05, 4.69) is 6.58 Å². The fraction of sp³-hybridized carbons (Fsp3) is 0.391. The number of hydrogen-bond donors (Lipinski definition) is 0. The number of rotatable bonds is 8. The van der Waals surface area contributed by atoms with Crippen molar-refractivity contribution >= 4 is 33.2 Å². The monoisotopic (exact) mass is 492 g/mol. The summed E-state index contributed by atoms with van der Waals surface area (Å²) in [6.07, 6.45) is 0.361. The van der Waals surface area contributed by atoms with Crippen LogP contribution in [0.5, 0.6) is 5.75 Å². The summed E-state index contributed by atoms with van der Waals surface area (Å²) >= 11 is 1.03. The first-order valence-corrected chi connectivity index (χ1v) is 12.7. The summed E-state index contributed by atoms with van der Waals surface area (Å²) < 4.78 is 38.2. The van der Waals surface area contributed by atoms with Gasteiger partial charge in [0.15, 0.2) is 0 Å². The van der Waals surface area contributed by atoms with Gasteiger partial charge in [0.25, 0.3) is 15.9 Å². The van der Waals surface area contributed by atoms with Crippen LogP contribution in [0.15, 0.2) is 40.6 Å². The Morgan fingerprint density at radius 3 is 2.42 bits per heavy atom. The highest BCUT2D eigenvalue weighted by molar-refractivity contribution is 7.91. The molecule has 0 spiro atoms. The zero-order chi connectivity index (χ0) is 24.3. The zero-order valence-corrected chi connectivity index (χ0v) is 20.8. The first-order chi connectivity index (χ1) is 15.6. The van der Waals surface area contributed by atoms with Crippen LogP contribution in [0.4, 0.5) is 0 Å². The quantitative estimate of drug-likeness (QED) is 0.415. The van der Waals surface area contributed by atoms with Gasteiger partial charge in [-0.3, -0.25) is 4.79 Å².